The first-order valence-electron chi connectivity index (χ1n) is 8.66. The van der Waals surface area contributed by atoms with Crippen LogP contribution in [0.4, 0.5) is 0 Å². The van der Waals surface area contributed by atoms with Gasteiger partial charge in [-0.2, -0.15) is 0 Å². The van der Waals surface area contributed by atoms with Crippen LogP contribution in [0.1, 0.15) is 27.2 Å². The fourth-order valence-corrected chi connectivity index (χ4v) is 4.98. The molecule has 0 bridgehead atoms. The van der Waals surface area contributed by atoms with E-state index in [0.717, 1.165) is 17.3 Å². The molecular formula is C16H26N2O8P2. The second kappa shape index (κ2) is 8.24. The van der Waals surface area contributed by atoms with Crippen LogP contribution >= 0.6 is 15.2 Å². The molecule has 5 N–H and O–H groups in total. The zero-order valence-corrected chi connectivity index (χ0v) is 17.6. The largest absolute Gasteiger partial charge is 0.493 e. The number of hydrogen-bond acceptors (Lipinski definition) is 5. The van der Waals surface area contributed by atoms with E-state index in [-0.39, 0.29) is 0 Å². The van der Waals surface area contributed by atoms with Crippen LogP contribution < -0.4 is 4.74 Å². The molecule has 0 aliphatic heterocycles. The van der Waals surface area contributed by atoms with Crippen LogP contribution in [0.2, 0.25) is 0 Å². The topological polar surface area (TPSA) is 162 Å². The molecule has 1 heterocycles. The Morgan fingerprint density at radius 3 is 2.29 bits per heavy atom. The zero-order valence-electron chi connectivity index (χ0n) is 15.8. The number of imidazole rings is 1. The van der Waals surface area contributed by atoms with E-state index >= 15 is 0 Å². The molecule has 1 aromatic heterocycles. The molecule has 0 aliphatic rings. The third-order valence-electron chi connectivity index (χ3n) is 4.32. The van der Waals surface area contributed by atoms with Crippen molar-refractivity contribution in [3.05, 3.63) is 24.5 Å². The number of aromatic nitrogens is 2. The van der Waals surface area contributed by atoms with E-state index in [1.807, 2.05) is 0 Å². The summed E-state index contributed by atoms with van der Waals surface area (Å²) in [4.78, 5) is 41.2. The standard InChI is InChI=1S/C16H26N2O8P2/c1-11(2)6-12(3)8-26-13-4-5-15-14(7-13)17-10-18(15)9-16(19,27(20,21)22)28(23,24)25/h4-5,7,10-12,19H,6,8-9H2,1-3H3,(H2,20,21,22)(H2,23,24,25). The normalized spacial score (nSPS) is 14.6. The molecule has 1 unspecified atom stereocenters. The third kappa shape index (κ3) is 5.02. The predicted octanol–water partition coefficient (Wildman–Crippen LogP) is 2.10. The Bertz CT molecular complexity index is 895. The van der Waals surface area contributed by atoms with Crippen LogP contribution in [0.5, 0.6) is 5.75 Å². The van der Waals surface area contributed by atoms with Crippen molar-refractivity contribution in [1.82, 2.24) is 9.55 Å². The molecule has 0 fully saturated rings. The highest BCUT2D eigenvalue weighted by Gasteiger charge is 2.59. The molecule has 0 spiro atoms. The van der Waals surface area contributed by atoms with Gasteiger partial charge in [-0.1, -0.05) is 20.8 Å². The third-order valence-corrected chi connectivity index (χ3v) is 8.03. The van der Waals surface area contributed by atoms with E-state index in [2.05, 4.69) is 25.8 Å². The van der Waals surface area contributed by atoms with Gasteiger partial charge in [-0.05, 0) is 30.4 Å². The van der Waals surface area contributed by atoms with Gasteiger partial charge in [0.25, 0.3) is 5.08 Å². The molecule has 0 saturated carbocycles. The second-order valence-corrected chi connectivity index (χ2v) is 11.4. The van der Waals surface area contributed by atoms with E-state index in [1.165, 1.54) is 0 Å². The van der Waals surface area contributed by atoms with Gasteiger partial charge in [0, 0.05) is 6.07 Å². The summed E-state index contributed by atoms with van der Waals surface area (Å²) < 4.78 is 29.9. The lowest BCUT2D eigenvalue weighted by atomic mass is 10.00. The van der Waals surface area contributed by atoms with E-state index in [0.29, 0.717) is 35.2 Å². The van der Waals surface area contributed by atoms with E-state index in [9.17, 15) is 33.8 Å². The smallest absolute Gasteiger partial charge is 0.371 e. The maximum absolute atomic E-state index is 11.5. The molecule has 0 radical (unpaired) electrons. The Morgan fingerprint density at radius 1 is 1.14 bits per heavy atom. The molecule has 12 heteroatoms. The summed E-state index contributed by atoms with van der Waals surface area (Å²) >= 11 is 0. The molecule has 158 valence electrons. The van der Waals surface area contributed by atoms with Gasteiger partial charge >= 0.3 is 15.2 Å². The summed E-state index contributed by atoms with van der Waals surface area (Å²) in [6.07, 6.45) is 2.16. The molecular weight excluding hydrogens is 410 g/mol. The van der Waals surface area contributed by atoms with Crippen LogP contribution in [0, 0.1) is 11.8 Å². The minimum atomic E-state index is -5.55. The van der Waals surface area contributed by atoms with Crippen molar-refractivity contribution in [3.63, 3.8) is 0 Å². The number of nitrogens with zero attached hydrogens (tertiary/aromatic N) is 2. The van der Waals surface area contributed by atoms with Crippen LogP contribution in [0.25, 0.3) is 11.0 Å². The zero-order chi connectivity index (χ0) is 21.3. The number of rotatable bonds is 9. The SMILES string of the molecule is CC(C)CC(C)COc1ccc2c(c1)ncn2CC(O)(P(=O)(O)O)P(=O)(O)O. The van der Waals surface area contributed by atoms with Crippen molar-refractivity contribution >= 4 is 26.2 Å². The number of fused-ring (bicyclic) bond motifs is 1. The average Bonchev–Trinajstić information content (AvgIpc) is 2.92. The second-order valence-electron chi connectivity index (χ2n) is 7.43. The minimum absolute atomic E-state index is 0.336. The molecule has 0 amide bonds. The Labute approximate surface area is 162 Å². The maximum atomic E-state index is 11.5. The summed E-state index contributed by atoms with van der Waals surface area (Å²) in [5.74, 6) is 1.46. The summed E-state index contributed by atoms with van der Waals surface area (Å²) in [5, 5.41) is 6.54. The molecule has 2 aromatic rings. The Balaban J connectivity index is 2.25. The van der Waals surface area contributed by atoms with Crippen molar-refractivity contribution in [2.45, 2.75) is 38.8 Å². The number of ether oxygens (including phenoxy) is 1. The Morgan fingerprint density at radius 2 is 1.75 bits per heavy atom. The number of benzene rings is 1. The van der Waals surface area contributed by atoms with Crippen molar-refractivity contribution in [2.75, 3.05) is 6.61 Å². The number of hydrogen-bond donors (Lipinski definition) is 5. The van der Waals surface area contributed by atoms with Crippen molar-refractivity contribution < 1.29 is 38.5 Å². The molecule has 0 aliphatic carbocycles. The highest BCUT2D eigenvalue weighted by molar-refractivity contribution is 7.72. The van der Waals surface area contributed by atoms with Crippen molar-refractivity contribution in [1.29, 1.82) is 0 Å². The predicted molar refractivity (Wildman–Crippen MR) is 103 cm³/mol. The first-order chi connectivity index (χ1) is 12.7. The molecule has 2 rings (SSSR count). The highest BCUT2D eigenvalue weighted by atomic mass is 31.2. The quantitative estimate of drug-likeness (QED) is 0.371. The fourth-order valence-electron chi connectivity index (χ4n) is 2.95. The van der Waals surface area contributed by atoms with Gasteiger partial charge in [-0.3, -0.25) is 9.13 Å². The Kier molecular flexibility index (Phi) is 6.78. The average molecular weight is 436 g/mol. The summed E-state index contributed by atoms with van der Waals surface area (Å²) in [7, 11) is -11.1. The van der Waals surface area contributed by atoms with Crippen LogP contribution in [-0.2, 0) is 15.7 Å². The van der Waals surface area contributed by atoms with Gasteiger partial charge in [0.15, 0.2) is 0 Å². The van der Waals surface area contributed by atoms with Crippen molar-refractivity contribution in [3.8, 4) is 5.75 Å². The summed E-state index contributed by atoms with van der Waals surface area (Å²) in [6, 6.07) is 4.78. The fraction of sp³-hybridized carbons (Fsp3) is 0.562. The molecule has 28 heavy (non-hydrogen) atoms. The van der Waals surface area contributed by atoms with Crippen molar-refractivity contribution in [2.24, 2.45) is 11.8 Å². The monoisotopic (exact) mass is 436 g/mol. The van der Waals surface area contributed by atoms with E-state index in [4.69, 9.17) is 4.74 Å². The molecule has 10 nitrogen and oxygen atoms in total. The minimum Gasteiger partial charge on any atom is -0.493 e. The van der Waals surface area contributed by atoms with E-state index < -0.39 is 26.8 Å². The lowest BCUT2D eigenvalue weighted by Crippen LogP contribution is -2.33. The van der Waals surface area contributed by atoms with Crippen LogP contribution in [0.15, 0.2) is 24.5 Å². The molecule has 1 atom stereocenters. The molecule has 0 saturated heterocycles. The van der Waals surface area contributed by atoms with Crippen LogP contribution in [-0.4, -0.2) is 45.9 Å². The van der Waals surface area contributed by atoms with Gasteiger partial charge in [0.05, 0.1) is 30.5 Å². The van der Waals surface area contributed by atoms with E-state index in [1.54, 1.807) is 18.2 Å². The molecule has 1 aromatic carbocycles. The van der Waals surface area contributed by atoms with Crippen LogP contribution in [0.3, 0.4) is 0 Å². The first-order valence-corrected chi connectivity index (χ1v) is 11.9. The van der Waals surface area contributed by atoms with Gasteiger partial charge in [-0.15, -0.1) is 0 Å². The van der Waals surface area contributed by atoms with Gasteiger partial charge in [-0.25, -0.2) is 4.98 Å². The van der Waals surface area contributed by atoms with Gasteiger partial charge in [0.2, 0.25) is 0 Å². The lowest BCUT2D eigenvalue weighted by molar-refractivity contribution is 0.116. The summed E-state index contributed by atoms with van der Waals surface area (Å²) in [5.41, 5.74) is 0.732. The first kappa shape index (κ1) is 23.0. The Hall–Kier alpha value is -1.25. The number of aliphatic hydroxyl groups is 1. The highest BCUT2D eigenvalue weighted by Crippen LogP contribution is 2.68. The van der Waals surface area contributed by atoms with Gasteiger partial charge in [0.1, 0.15) is 5.75 Å². The lowest BCUT2D eigenvalue weighted by Gasteiger charge is -2.29. The van der Waals surface area contributed by atoms with Gasteiger partial charge < -0.3 is 34.0 Å². The summed E-state index contributed by atoms with van der Waals surface area (Å²) in [6.45, 7) is 5.83. The maximum Gasteiger partial charge on any atom is 0.371 e.